The normalized spacial score (nSPS) is 11.6. The zero-order valence-corrected chi connectivity index (χ0v) is 27.7. The lowest BCUT2D eigenvalue weighted by atomic mass is 9.94. The molecular formula is C47H33N3. The Hall–Kier alpha value is -6.45. The van der Waals surface area contributed by atoms with Gasteiger partial charge < -0.3 is 0 Å². The lowest BCUT2D eigenvalue weighted by Gasteiger charge is -2.11. The molecule has 0 amide bonds. The van der Waals surface area contributed by atoms with Crippen LogP contribution >= 0.6 is 0 Å². The van der Waals surface area contributed by atoms with Crippen molar-refractivity contribution in [1.29, 1.82) is 0 Å². The van der Waals surface area contributed by atoms with Gasteiger partial charge in [0, 0.05) is 16.7 Å². The van der Waals surface area contributed by atoms with Crippen LogP contribution in [0.25, 0.3) is 78.7 Å². The molecule has 0 fully saturated rings. The minimum Gasteiger partial charge on any atom is -0.208 e. The Morgan fingerprint density at radius 1 is 0.300 bits per heavy atom. The van der Waals surface area contributed by atoms with Gasteiger partial charge in [-0.3, -0.25) is 0 Å². The fourth-order valence-electron chi connectivity index (χ4n) is 7.10. The molecule has 1 aliphatic rings. The molecule has 0 atom stereocenters. The van der Waals surface area contributed by atoms with Crippen molar-refractivity contribution in [1.82, 2.24) is 15.0 Å². The number of hydrogen-bond acceptors (Lipinski definition) is 3. The minimum atomic E-state index is 0.660. The number of rotatable bonds is 6. The van der Waals surface area contributed by atoms with E-state index in [1.807, 2.05) is 60.7 Å². The van der Waals surface area contributed by atoms with Gasteiger partial charge in [0.2, 0.25) is 0 Å². The molecule has 7 aromatic carbocycles. The van der Waals surface area contributed by atoms with E-state index in [4.69, 9.17) is 15.0 Å². The van der Waals surface area contributed by atoms with Crippen molar-refractivity contribution < 1.29 is 0 Å². The third-order valence-electron chi connectivity index (χ3n) is 9.73. The monoisotopic (exact) mass is 639 g/mol. The summed E-state index contributed by atoms with van der Waals surface area (Å²) < 4.78 is 0. The van der Waals surface area contributed by atoms with Gasteiger partial charge in [0.15, 0.2) is 17.5 Å². The van der Waals surface area contributed by atoms with E-state index in [0.717, 1.165) is 23.1 Å². The summed E-state index contributed by atoms with van der Waals surface area (Å²) >= 11 is 0. The molecule has 3 heteroatoms. The van der Waals surface area contributed by atoms with Crippen molar-refractivity contribution >= 4 is 0 Å². The molecule has 0 N–H and O–H groups in total. The molecule has 236 valence electrons. The van der Waals surface area contributed by atoms with Crippen molar-refractivity contribution in [2.45, 2.75) is 13.3 Å². The number of fused-ring (bicyclic) bond motifs is 3. The van der Waals surface area contributed by atoms with Crippen LogP contribution in [0.4, 0.5) is 0 Å². The number of hydrogen-bond donors (Lipinski definition) is 0. The first kappa shape index (κ1) is 29.7. The number of benzene rings is 7. The molecule has 0 aliphatic heterocycles. The summed E-state index contributed by atoms with van der Waals surface area (Å²) in [5, 5.41) is 0. The molecule has 50 heavy (non-hydrogen) atoms. The zero-order valence-electron chi connectivity index (χ0n) is 27.7. The van der Waals surface area contributed by atoms with Crippen LogP contribution in [0.15, 0.2) is 170 Å². The highest BCUT2D eigenvalue weighted by atomic mass is 15.0. The maximum absolute atomic E-state index is 4.93. The molecule has 0 saturated heterocycles. The Morgan fingerprint density at radius 3 is 1.08 bits per heavy atom. The predicted molar refractivity (Wildman–Crippen MR) is 205 cm³/mol. The van der Waals surface area contributed by atoms with Crippen molar-refractivity contribution in [3.63, 3.8) is 0 Å². The summed E-state index contributed by atoms with van der Waals surface area (Å²) in [7, 11) is 0. The second-order valence-corrected chi connectivity index (χ2v) is 12.9. The van der Waals surface area contributed by atoms with Gasteiger partial charge in [-0.2, -0.15) is 0 Å². The van der Waals surface area contributed by atoms with E-state index in [-0.39, 0.29) is 0 Å². The van der Waals surface area contributed by atoms with Crippen LogP contribution in [0.1, 0.15) is 16.7 Å². The van der Waals surface area contributed by atoms with Gasteiger partial charge in [0.05, 0.1) is 0 Å². The molecule has 0 radical (unpaired) electrons. The average molecular weight is 640 g/mol. The van der Waals surface area contributed by atoms with Crippen LogP contribution < -0.4 is 0 Å². The molecule has 3 nitrogen and oxygen atoms in total. The quantitative estimate of drug-likeness (QED) is 0.182. The van der Waals surface area contributed by atoms with Gasteiger partial charge in [-0.05, 0) is 69.0 Å². The molecule has 9 rings (SSSR count). The molecule has 8 aromatic rings. The van der Waals surface area contributed by atoms with Crippen molar-refractivity contribution in [2.24, 2.45) is 0 Å². The van der Waals surface area contributed by atoms with E-state index in [1.165, 1.54) is 61.2 Å². The lowest BCUT2D eigenvalue weighted by molar-refractivity contribution is 1.07. The van der Waals surface area contributed by atoms with Crippen LogP contribution in [0.5, 0.6) is 0 Å². The van der Waals surface area contributed by atoms with E-state index in [0.29, 0.717) is 17.5 Å². The summed E-state index contributed by atoms with van der Waals surface area (Å²) in [5.41, 5.74) is 17.0. The second-order valence-electron chi connectivity index (χ2n) is 12.9. The highest BCUT2D eigenvalue weighted by Crippen LogP contribution is 2.45. The Kier molecular flexibility index (Phi) is 7.44. The maximum atomic E-state index is 4.93. The Labute approximate surface area is 292 Å². The average Bonchev–Trinajstić information content (AvgIpc) is 3.58. The molecule has 0 unspecified atom stereocenters. The first-order valence-corrected chi connectivity index (χ1v) is 17.1. The van der Waals surface area contributed by atoms with Crippen LogP contribution in [0, 0.1) is 6.92 Å². The Balaban J connectivity index is 1.04. The highest BCUT2D eigenvalue weighted by molar-refractivity contribution is 5.90. The van der Waals surface area contributed by atoms with E-state index in [9.17, 15) is 0 Å². The van der Waals surface area contributed by atoms with E-state index < -0.39 is 0 Å². The summed E-state index contributed by atoms with van der Waals surface area (Å²) in [5.74, 6) is 1.99. The first-order valence-electron chi connectivity index (χ1n) is 17.1. The molecule has 0 spiro atoms. The van der Waals surface area contributed by atoms with E-state index in [1.54, 1.807) is 0 Å². The number of aromatic nitrogens is 3. The Bertz CT molecular complexity index is 2410. The fourth-order valence-corrected chi connectivity index (χ4v) is 7.10. The first-order chi connectivity index (χ1) is 24.7. The summed E-state index contributed by atoms with van der Waals surface area (Å²) in [6.07, 6.45) is 0.896. The van der Waals surface area contributed by atoms with Crippen molar-refractivity contribution in [2.75, 3.05) is 0 Å². The Morgan fingerprint density at radius 2 is 0.640 bits per heavy atom. The topological polar surface area (TPSA) is 38.7 Å². The van der Waals surface area contributed by atoms with Gasteiger partial charge in [-0.15, -0.1) is 0 Å². The predicted octanol–water partition coefficient (Wildman–Crippen LogP) is 11.8. The minimum absolute atomic E-state index is 0.660. The summed E-state index contributed by atoms with van der Waals surface area (Å²) in [6, 6.07) is 60.1. The lowest BCUT2D eigenvalue weighted by Crippen LogP contribution is -2.00. The molecule has 1 aromatic heterocycles. The molecule has 0 bridgehead atoms. The van der Waals surface area contributed by atoms with Gasteiger partial charge >= 0.3 is 0 Å². The van der Waals surface area contributed by atoms with E-state index in [2.05, 4.69) is 116 Å². The number of aryl methyl sites for hydroxylation is 1. The fraction of sp³-hybridized carbons (Fsp3) is 0.0426. The number of nitrogens with zero attached hydrogens (tertiary/aromatic N) is 3. The molecule has 0 saturated carbocycles. The molecule has 1 heterocycles. The van der Waals surface area contributed by atoms with Crippen LogP contribution in [0.3, 0.4) is 0 Å². The molecular weight excluding hydrogens is 607 g/mol. The van der Waals surface area contributed by atoms with Crippen LogP contribution in [-0.2, 0) is 6.42 Å². The third kappa shape index (κ3) is 5.49. The highest BCUT2D eigenvalue weighted by Gasteiger charge is 2.24. The van der Waals surface area contributed by atoms with Gasteiger partial charge in [0.25, 0.3) is 0 Å². The van der Waals surface area contributed by atoms with Crippen molar-refractivity contribution in [3.05, 3.63) is 187 Å². The second kappa shape index (κ2) is 12.5. The van der Waals surface area contributed by atoms with Crippen LogP contribution in [-0.4, -0.2) is 15.0 Å². The van der Waals surface area contributed by atoms with Crippen LogP contribution in [0.2, 0.25) is 0 Å². The van der Waals surface area contributed by atoms with Gasteiger partial charge in [-0.25, -0.2) is 15.0 Å². The summed E-state index contributed by atoms with van der Waals surface area (Å²) in [4.78, 5) is 14.7. The van der Waals surface area contributed by atoms with E-state index >= 15 is 0 Å². The SMILES string of the molecule is Cc1ccc(-c2ccc(-c3cccc4c3Cc3c(-c5ccc(-c6nc(-c7ccccc7)nc(-c7ccccc7)n6)cc5)cccc3-4)cc2)cc1. The largest absolute Gasteiger partial charge is 0.208 e. The maximum Gasteiger partial charge on any atom is 0.164 e. The molecule has 1 aliphatic carbocycles. The van der Waals surface area contributed by atoms with Crippen molar-refractivity contribution in [3.8, 4) is 78.7 Å². The summed E-state index contributed by atoms with van der Waals surface area (Å²) in [6.45, 7) is 2.13. The van der Waals surface area contributed by atoms with Gasteiger partial charge in [0.1, 0.15) is 0 Å². The third-order valence-corrected chi connectivity index (χ3v) is 9.73. The van der Waals surface area contributed by atoms with Gasteiger partial charge in [-0.1, -0.05) is 175 Å². The standard InChI is InChI=1S/C47H33N3/c1-31-18-20-32(21-19-31)33-22-24-34(25-23-33)39-14-8-16-41-42-17-9-15-40(44(42)30-43(39)41)35-26-28-38(29-27-35)47-49-45(36-10-4-2-5-11-36)48-46(50-47)37-12-6-3-7-13-37/h2-29H,30H2,1H3. The smallest absolute Gasteiger partial charge is 0.164 e. The zero-order chi connectivity index (χ0) is 33.4.